The lowest BCUT2D eigenvalue weighted by atomic mass is 10.2. The van der Waals surface area contributed by atoms with Crippen LogP contribution in [0.15, 0.2) is 30.5 Å². The number of halogens is 2. The van der Waals surface area contributed by atoms with Crippen LogP contribution in [0, 0.1) is 12.7 Å². The van der Waals surface area contributed by atoms with Crippen LogP contribution in [-0.2, 0) is 0 Å². The van der Waals surface area contributed by atoms with Gasteiger partial charge in [0.15, 0.2) is 11.5 Å². The second-order valence-electron chi connectivity index (χ2n) is 4.07. The lowest BCUT2D eigenvalue weighted by molar-refractivity contribution is 0.630. The Morgan fingerprint density at radius 2 is 2.17 bits per heavy atom. The number of nitrogens with one attached hydrogen (secondary N) is 1. The molecule has 0 saturated carbocycles. The minimum absolute atomic E-state index is 0.0806. The number of rotatable bonds is 1. The number of aromatic nitrogens is 3. The largest absolute Gasteiger partial charge is 0.336 e. The van der Waals surface area contributed by atoms with E-state index >= 15 is 0 Å². The van der Waals surface area contributed by atoms with Crippen LogP contribution in [-0.4, -0.2) is 15.0 Å². The number of H-pyrrole nitrogens is 1. The molecule has 0 fully saturated rings. The van der Waals surface area contributed by atoms with Crippen molar-refractivity contribution in [1.29, 1.82) is 0 Å². The number of nitrogens with zero attached hydrogens (tertiary/aromatic N) is 2. The Hall–Kier alpha value is -1.94. The van der Waals surface area contributed by atoms with Crippen molar-refractivity contribution < 1.29 is 4.39 Å². The topological polar surface area (TPSA) is 41.6 Å². The van der Waals surface area contributed by atoms with Crippen molar-refractivity contribution in [3.63, 3.8) is 0 Å². The van der Waals surface area contributed by atoms with Gasteiger partial charge in [-0.25, -0.2) is 14.4 Å². The summed E-state index contributed by atoms with van der Waals surface area (Å²) >= 11 is 5.76. The van der Waals surface area contributed by atoms with E-state index in [1.165, 1.54) is 6.07 Å². The van der Waals surface area contributed by atoms with E-state index in [2.05, 4.69) is 15.0 Å². The molecule has 18 heavy (non-hydrogen) atoms. The molecule has 0 spiro atoms. The summed E-state index contributed by atoms with van der Waals surface area (Å²) in [5, 5.41) is 0.0806. The van der Waals surface area contributed by atoms with Gasteiger partial charge in [0, 0.05) is 6.20 Å². The van der Waals surface area contributed by atoms with Crippen LogP contribution in [0.2, 0.25) is 5.02 Å². The summed E-state index contributed by atoms with van der Waals surface area (Å²) in [5.41, 5.74) is 2.71. The molecule has 1 N–H and O–H groups in total. The van der Waals surface area contributed by atoms with Gasteiger partial charge in [-0.1, -0.05) is 17.7 Å². The highest BCUT2D eigenvalue weighted by atomic mass is 35.5. The van der Waals surface area contributed by atoms with Crippen molar-refractivity contribution in [3.8, 4) is 11.4 Å². The van der Waals surface area contributed by atoms with Crippen LogP contribution in [0.25, 0.3) is 22.6 Å². The number of hydrogen-bond acceptors (Lipinski definition) is 2. The Morgan fingerprint density at radius 1 is 1.33 bits per heavy atom. The molecule has 0 radical (unpaired) electrons. The van der Waals surface area contributed by atoms with Gasteiger partial charge in [-0.3, -0.25) is 0 Å². The van der Waals surface area contributed by atoms with Gasteiger partial charge >= 0.3 is 0 Å². The molecule has 0 aliphatic rings. The fourth-order valence-corrected chi connectivity index (χ4v) is 1.99. The molecule has 0 bridgehead atoms. The smallest absolute Gasteiger partial charge is 0.178 e. The molecule has 0 unspecified atom stereocenters. The summed E-state index contributed by atoms with van der Waals surface area (Å²) in [6, 6.07) is 6.74. The van der Waals surface area contributed by atoms with E-state index in [1.54, 1.807) is 18.3 Å². The van der Waals surface area contributed by atoms with Crippen molar-refractivity contribution in [2.75, 3.05) is 0 Å². The van der Waals surface area contributed by atoms with Gasteiger partial charge in [-0.15, -0.1) is 0 Å². The number of aryl methyl sites for hydroxylation is 1. The molecule has 90 valence electrons. The van der Waals surface area contributed by atoms with Crippen molar-refractivity contribution in [1.82, 2.24) is 15.0 Å². The summed E-state index contributed by atoms with van der Waals surface area (Å²) in [6.07, 6.45) is 1.72. The fraction of sp³-hybridized carbons (Fsp3) is 0.0769. The molecular formula is C13H9ClFN3. The van der Waals surface area contributed by atoms with E-state index in [9.17, 15) is 4.39 Å². The molecule has 0 aliphatic carbocycles. The van der Waals surface area contributed by atoms with Crippen LogP contribution in [0.4, 0.5) is 4.39 Å². The van der Waals surface area contributed by atoms with E-state index in [-0.39, 0.29) is 5.02 Å². The first kappa shape index (κ1) is 11.2. The lowest BCUT2D eigenvalue weighted by Gasteiger charge is -1.99. The van der Waals surface area contributed by atoms with Gasteiger partial charge < -0.3 is 4.98 Å². The van der Waals surface area contributed by atoms with Crippen molar-refractivity contribution >= 4 is 22.8 Å². The Labute approximate surface area is 108 Å². The second-order valence-corrected chi connectivity index (χ2v) is 4.48. The zero-order chi connectivity index (χ0) is 12.7. The predicted molar refractivity (Wildman–Crippen MR) is 69.0 cm³/mol. The molecule has 3 nitrogen and oxygen atoms in total. The predicted octanol–water partition coefficient (Wildman–Crippen LogP) is 3.73. The van der Waals surface area contributed by atoms with Crippen LogP contribution in [0.5, 0.6) is 0 Å². The number of fused-ring (bicyclic) bond motifs is 1. The maximum absolute atomic E-state index is 13.9. The summed E-state index contributed by atoms with van der Waals surface area (Å²) in [5.74, 6) is -0.0435. The summed E-state index contributed by atoms with van der Waals surface area (Å²) in [6.45, 7) is 1.94. The van der Waals surface area contributed by atoms with Gasteiger partial charge in [0.05, 0.1) is 16.1 Å². The molecule has 2 aromatic heterocycles. The maximum atomic E-state index is 13.9. The number of hydrogen-bond donors (Lipinski definition) is 1. The number of imidazole rings is 1. The number of pyridine rings is 1. The molecule has 1 aromatic carbocycles. The summed E-state index contributed by atoms with van der Waals surface area (Å²) in [7, 11) is 0. The Bertz CT molecular complexity index is 736. The van der Waals surface area contributed by atoms with E-state index in [1.807, 2.05) is 13.0 Å². The first-order valence-electron chi connectivity index (χ1n) is 5.42. The van der Waals surface area contributed by atoms with Crippen LogP contribution in [0.3, 0.4) is 0 Å². The minimum Gasteiger partial charge on any atom is -0.336 e. The molecule has 3 rings (SSSR count). The Balaban J connectivity index is 2.22. The minimum atomic E-state index is -0.477. The van der Waals surface area contributed by atoms with Gasteiger partial charge in [-0.05, 0) is 30.7 Å². The van der Waals surface area contributed by atoms with Gasteiger partial charge in [0.25, 0.3) is 0 Å². The number of benzene rings is 1. The highest BCUT2D eigenvalue weighted by Crippen LogP contribution is 2.26. The first-order chi connectivity index (χ1) is 8.65. The quantitative estimate of drug-likeness (QED) is 0.725. The van der Waals surface area contributed by atoms with E-state index in [4.69, 9.17) is 11.6 Å². The highest BCUT2D eigenvalue weighted by molar-refractivity contribution is 6.31. The Morgan fingerprint density at radius 3 is 3.00 bits per heavy atom. The Kier molecular flexibility index (Phi) is 2.52. The molecule has 3 aromatic rings. The van der Waals surface area contributed by atoms with Gasteiger partial charge in [0.1, 0.15) is 5.82 Å². The van der Waals surface area contributed by atoms with Gasteiger partial charge in [-0.2, -0.15) is 0 Å². The highest BCUT2D eigenvalue weighted by Gasteiger charge is 2.12. The average Bonchev–Trinajstić information content (AvgIpc) is 2.75. The molecule has 5 heteroatoms. The van der Waals surface area contributed by atoms with E-state index in [0.29, 0.717) is 17.0 Å². The van der Waals surface area contributed by atoms with Gasteiger partial charge in [0.2, 0.25) is 0 Å². The lowest BCUT2D eigenvalue weighted by Crippen LogP contribution is -1.87. The van der Waals surface area contributed by atoms with Crippen LogP contribution >= 0.6 is 11.6 Å². The number of aromatic amines is 1. The third-order valence-corrected chi connectivity index (χ3v) is 2.97. The van der Waals surface area contributed by atoms with Crippen molar-refractivity contribution in [3.05, 3.63) is 46.9 Å². The molecule has 2 heterocycles. The molecule has 0 amide bonds. The third kappa shape index (κ3) is 1.75. The normalized spacial score (nSPS) is 11.1. The van der Waals surface area contributed by atoms with Crippen LogP contribution < -0.4 is 0 Å². The van der Waals surface area contributed by atoms with E-state index in [0.717, 1.165) is 11.1 Å². The molecule has 0 aliphatic heterocycles. The second kappa shape index (κ2) is 4.07. The zero-order valence-corrected chi connectivity index (χ0v) is 10.3. The summed E-state index contributed by atoms with van der Waals surface area (Å²) in [4.78, 5) is 11.5. The molecular weight excluding hydrogens is 253 g/mol. The van der Waals surface area contributed by atoms with Crippen molar-refractivity contribution in [2.24, 2.45) is 0 Å². The monoisotopic (exact) mass is 261 g/mol. The first-order valence-corrected chi connectivity index (χ1v) is 5.79. The van der Waals surface area contributed by atoms with E-state index < -0.39 is 5.82 Å². The fourth-order valence-electron chi connectivity index (χ4n) is 1.82. The van der Waals surface area contributed by atoms with Crippen LogP contribution in [0.1, 0.15) is 5.56 Å². The van der Waals surface area contributed by atoms with Crippen molar-refractivity contribution in [2.45, 2.75) is 6.92 Å². The molecule has 0 atom stereocenters. The summed E-state index contributed by atoms with van der Waals surface area (Å²) < 4.78 is 13.9. The molecule has 0 saturated heterocycles. The zero-order valence-electron chi connectivity index (χ0n) is 9.54. The maximum Gasteiger partial charge on any atom is 0.178 e. The third-order valence-electron chi connectivity index (χ3n) is 2.68. The average molecular weight is 262 g/mol. The SMILES string of the molecule is Cc1cnc2nc(-c3cccc(Cl)c3F)[nH]c2c1. The standard InChI is InChI=1S/C13H9ClFN3/c1-7-5-10-13(16-6-7)18-12(17-10)8-3-2-4-9(14)11(8)15/h2-6H,1H3,(H,16,17,18).